The van der Waals surface area contributed by atoms with Gasteiger partial charge in [-0.05, 0) is 12.8 Å². The minimum absolute atomic E-state index is 0.776. The van der Waals surface area contributed by atoms with Crippen molar-refractivity contribution >= 4 is 5.82 Å². The molecular weight excluding hydrogens is 202 g/mol. The van der Waals surface area contributed by atoms with Crippen LogP contribution in [0.3, 0.4) is 0 Å². The van der Waals surface area contributed by atoms with E-state index in [9.17, 15) is 0 Å². The number of imidazole rings is 2. The Morgan fingerprint density at radius 3 is 2.94 bits per heavy atom. The molecule has 0 bridgehead atoms. The number of hydrogen-bond donors (Lipinski definition) is 1. The molecule has 2 aromatic heterocycles. The maximum Gasteiger partial charge on any atom is 0.133 e. The molecule has 5 nitrogen and oxygen atoms in total. The van der Waals surface area contributed by atoms with Gasteiger partial charge in [-0.25, -0.2) is 9.97 Å². The molecule has 16 heavy (non-hydrogen) atoms. The molecule has 0 amide bonds. The summed E-state index contributed by atoms with van der Waals surface area (Å²) in [6.45, 7) is 0.992. The highest BCUT2D eigenvalue weighted by atomic mass is 15.2. The van der Waals surface area contributed by atoms with Crippen LogP contribution < -0.4 is 5.73 Å². The quantitative estimate of drug-likeness (QED) is 0.780. The zero-order valence-electron chi connectivity index (χ0n) is 9.35. The van der Waals surface area contributed by atoms with Gasteiger partial charge in [0.15, 0.2) is 0 Å². The van der Waals surface area contributed by atoms with Gasteiger partial charge in [0, 0.05) is 20.0 Å². The fraction of sp³-hybridized carbons (Fsp3) is 0.455. The number of nitrogens with two attached hydrogens (primary N) is 1. The molecule has 3 heterocycles. The zero-order valence-corrected chi connectivity index (χ0v) is 9.35. The Morgan fingerprint density at radius 2 is 2.25 bits per heavy atom. The Bertz CT molecular complexity index is 522. The number of aromatic nitrogens is 4. The van der Waals surface area contributed by atoms with E-state index < -0.39 is 0 Å². The van der Waals surface area contributed by atoms with Crippen LogP contribution in [0.15, 0.2) is 12.5 Å². The first-order chi connectivity index (χ1) is 7.77. The lowest BCUT2D eigenvalue weighted by Crippen LogP contribution is -2.12. The summed E-state index contributed by atoms with van der Waals surface area (Å²) in [5.41, 5.74) is 8.00. The summed E-state index contributed by atoms with van der Waals surface area (Å²) in [4.78, 5) is 8.73. The first-order valence-corrected chi connectivity index (χ1v) is 5.59. The summed E-state index contributed by atoms with van der Waals surface area (Å²) < 4.78 is 4.08. The molecule has 2 N–H and O–H groups in total. The van der Waals surface area contributed by atoms with Crippen LogP contribution in [0.25, 0.3) is 11.4 Å². The predicted octanol–water partition coefficient (Wildman–Crippen LogP) is 1.20. The summed E-state index contributed by atoms with van der Waals surface area (Å²) in [5, 5.41) is 0. The van der Waals surface area contributed by atoms with Gasteiger partial charge in [0.2, 0.25) is 0 Å². The van der Waals surface area contributed by atoms with Crippen molar-refractivity contribution in [2.45, 2.75) is 25.8 Å². The lowest BCUT2D eigenvalue weighted by atomic mass is 10.2. The van der Waals surface area contributed by atoms with Gasteiger partial charge in [0.05, 0.1) is 18.2 Å². The maximum atomic E-state index is 6.14. The third kappa shape index (κ3) is 1.24. The Hall–Kier alpha value is -1.78. The molecule has 1 aliphatic heterocycles. The summed E-state index contributed by atoms with van der Waals surface area (Å²) in [7, 11) is 1.96. The lowest BCUT2D eigenvalue weighted by molar-refractivity contribution is 0.527. The number of nitrogens with zero attached hydrogens (tertiary/aromatic N) is 4. The van der Waals surface area contributed by atoms with Gasteiger partial charge < -0.3 is 14.9 Å². The van der Waals surface area contributed by atoms with E-state index in [2.05, 4.69) is 14.5 Å². The normalized spacial score (nSPS) is 15.1. The Kier molecular flexibility index (Phi) is 1.99. The smallest absolute Gasteiger partial charge is 0.133 e. The van der Waals surface area contributed by atoms with Gasteiger partial charge in [-0.2, -0.15) is 0 Å². The van der Waals surface area contributed by atoms with E-state index in [0.717, 1.165) is 36.0 Å². The molecule has 0 radical (unpaired) electrons. The molecule has 0 unspecified atom stereocenters. The molecule has 0 saturated carbocycles. The van der Waals surface area contributed by atoms with Gasteiger partial charge in [-0.1, -0.05) is 0 Å². The van der Waals surface area contributed by atoms with E-state index >= 15 is 0 Å². The molecule has 0 aliphatic carbocycles. The van der Waals surface area contributed by atoms with Crippen molar-refractivity contribution in [3.63, 3.8) is 0 Å². The third-order valence-corrected chi connectivity index (χ3v) is 3.18. The highest BCUT2D eigenvalue weighted by Gasteiger charge is 2.19. The molecule has 2 aromatic rings. The molecule has 0 atom stereocenters. The van der Waals surface area contributed by atoms with Crippen molar-refractivity contribution in [3.8, 4) is 11.4 Å². The molecule has 0 spiro atoms. The van der Waals surface area contributed by atoms with Crippen LogP contribution in [0.2, 0.25) is 0 Å². The van der Waals surface area contributed by atoms with E-state index in [4.69, 9.17) is 5.73 Å². The average molecular weight is 217 g/mol. The van der Waals surface area contributed by atoms with Crippen LogP contribution in [0.4, 0.5) is 5.82 Å². The highest BCUT2D eigenvalue weighted by Crippen LogP contribution is 2.28. The van der Waals surface area contributed by atoms with Crippen LogP contribution in [0.5, 0.6) is 0 Å². The number of rotatable bonds is 1. The summed E-state index contributed by atoms with van der Waals surface area (Å²) in [6.07, 6.45) is 7.01. The molecule has 84 valence electrons. The number of hydrogen-bond acceptors (Lipinski definition) is 3. The molecule has 3 rings (SSSR count). The van der Waals surface area contributed by atoms with Crippen LogP contribution in [-0.4, -0.2) is 19.1 Å². The van der Waals surface area contributed by atoms with E-state index in [1.54, 1.807) is 6.33 Å². The Morgan fingerprint density at radius 1 is 1.38 bits per heavy atom. The van der Waals surface area contributed by atoms with Crippen molar-refractivity contribution in [2.24, 2.45) is 7.05 Å². The fourth-order valence-electron chi connectivity index (χ4n) is 2.28. The van der Waals surface area contributed by atoms with Crippen LogP contribution in [-0.2, 0) is 20.0 Å². The summed E-state index contributed by atoms with van der Waals surface area (Å²) >= 11 is 0. The molecule has 0 aromatic carbocycles. The summed E-state index contributed by atoms with van der Waals surface area (Å²) in [5.74, 6) is 1.89. The fourth-order valence-corrected chi connectivity index (χ4v) is 2.28. The molecule has 0 saturated heterocycles. The van der Waals surface area contributed by atoms with E-state index in [1.165, 1.54) is 12.8 Å². The third-order valence-electron chi connectivity index (χ3n) is 3.18. The molecule has 5 heteroatoms. The summed E-state index contributed by atoms with van der Waals surface area (Å²) in [6, 6.07) is 0. The topological polar surface area (TPSA) is 61.7 Å². The standard InChI is InChI=1S/C11H15N5/c1-15-7-13-6-8(15)10-11(12)16-5-3-2-4-9(16)14-10/h6-7H,2-5,12H2,1H3. The molecule has 1 aliphatic rings. The van der Waals surface area contributed by atoms with Gasteiger partial charge in [0.25, 0.3) is 0 Å². The van der Waals surface area contributed by atoms with E-state index in [0.29, 0.717) is 0 Å². The second-order valence-corrected chi connectivity index (χ2v) is 4.26. The van der Waals surface area contributed by atoms with E-state index in [1.807, 2.05) is 17.8 Å². The zero-order chi connectivity index (χ0) is 11.1. The maximum absolute atomic E-state index is 6.14. The largest absolute Gasteiger partial charge is 0.383 e. The predicted molar refractivity (Wildman–Crippen MR) is 61.8 cm³/mol. The number of anilines is 1. The van der Waals surface area contributed by atoms with E-state index in [-0.39, 0.29) is 0 Å². The van der Waals surface area contributed by atoms with Crippen LogP contribution in [0, 0.1) is 0 Å². The van der Waals surface area contributed by atoms with Gasteiger partial charge in [0.1, 0.15) is 17.3 Å². The lowest BCUT2D eigenvalue weighted by Gasteiger charge is -2.14. The van der Waals surface area contributed by atoms with Crippen LogP contribution in [0.1, 0.15) is 18.7 Å². The Balaban J connectivity index is 2.15. The Labute approximate surface area is 93.9 Å². The SMILES string of the molecule is Cn1cncc1-c1nc2n(c1N)CCCC2. The first-order valence-electron chi connectivity index (χ1n) is 5.59. The van der Waals surface area contributed by atoms with Crippen LogP contribution >= 0.6 is 0 Å². The van der Waals surface area contributed by atoms with Gasteiger partial charge in [-0.15, -0.1) is 0 Å². The van der Waals surface area contributed by atoms with Crippen molar-refractivity contribution in [3.05, 3.63) is 18.3 Å². The van der Waals surface area contributed by atoms with Gasteiger partial charge in [-0.3, -0.25) is 0 Å². The van der Waals surface area contributed by atoms with Crippen molar-refractivity contribution in [1.29, 1.82) is 0 Å². The molecular formula is C11H15N5. The number of nitrogen functional groups attached to an aromatic ring is 1. The second kappa shape index (κ2) is 3.37. The van der Waals surface area contributed by atoms with Crippen molar-refractivity contribution in [2.75, 3.05) is 5.73 Å². The molecule has 0 fully saturated rings. The second-order valence-electron chi connectivity index (χ2n) is 4.26. The van der Waals surface area contributed by atoms with Gasteiger partial charge >= 0.3 is 0 Å². The van der Waals surface area contributed by atoms with Crippen molar-refractivity contribution in [1.82, 2.24) is 19.1 Å². The number of aryl methyl sites for hydroxylation is 2. The minimum atomic E-state index is 0.776. The first kappa shape index (κ1) is 9.45. The average Bonchev–Trinajstić information content (AvgIpc) is 2.84. The van der Waals surface area contributed by atoms with Crippen molar-refractivity contribution < 1.29 is 0 Å². The minimum Gasteiger partial charge on any atom is -0.383 e. The monoisotopic (exact) mass is 217 g/mol. The number of fused-ring (bicyclic) bond motifs is 1. The highest BCUT2D eigenvalue weighted by molar-refractivity contribution is 5.68.